The van der Waals surface area contributed by atoms with Crippen molar-refractivity contribution in [1.82, 2.24) is 4.98 Å². The summed E-state index contributed by atoms with van der Waals surface area (Å²) in [5.74, 6) is -0.198. The van der Waals surface area contributed by atoms with Crippen molar-refractivity contribution >= 4 is 21.7 Å². The normalized spacial score (nSPS) is 9.83. The highest BCUT2D eigenvalue weighted by molar-refractivity contribution is 9.09. The molecular weight excluding hydrogens is 222 g/mol. The second kappa shape index (κ2) is 3.67. The standard InChI is InChI=1S/C8H8BrNO2/c1-5-2-3-6(7(11)4-9)8(12)10-5/h2-3H,4H2,1H3,(H,10,12). The number of alkyl halides is 1. The summed E-state index contributed by atoms with van der Waals surface area (Å²) < 4.78 is 0. The maximum atomic E-state index is 11.1. The zero-order valence-corrected chi connectivity index (χ0v) is 8.14. The van der Waals surface area contributed by atoms with E-state index in [1.54, 1.807) is 13.0 Å². The van der Waals surface area contributed by atoms with E-state index in [2.05, 4.69) is 20.9 Å². The molecule has 64 valence electrons. The fourth-order valence-electron chi connectivity index (χ4n) is 0.864. The third kappa shape index (κ3) is 1.82. The van der Waals surface area contributed by atoms with Gasteiger partial charge in [-0.15, -0.1) is 0 Å². The Morgan fingerprint density at radius 3 is 2.75 bits per heavy atom. The first kappa shape index (κ1) is 9.19. The molecule has 0 radical (unpaired) electrons. The van der Waals surface area contributed by atoms with Gasteiger partial charge < -0.3 is 4.98 Å². The molecular formula is C8H8BrNO2. The number of aromatic nitrogens is 1. The van der Waals surface area contributed by atoms with Gasteiger partial charge in [0.1, 0.15) is 0 Å². The second-order valence-electron chi connectivity index (χ2n) is 2.44. The SMILES string of the molecule is Cc1ccc(C(=O)CBr)c(=O)[nH]1. The molecule has 0 saturated carbocycles. The first-order chi connectivity index (χ1) is 5.65. The minimum atomic E-state index is -0.320. The molecule has 1 rings (SSSR count). The molecule has 0 unspecified atom stereocenters. The fraction of sp³-hybridized carbons (Fsp3) is 0.250. The van der Waals surface area contributed by atoms with Crippen LogP contribution in [0, 0.1) is 6.92 Å². The molecule has 12 heavy (non-hydrogen) atoms. The maximum absolute atomic E-state index is 11.1. The van der Waals surface area contributed by atoms with Crippen LogP contribution in [0.3, 0.4) is 0 Å². The molecule has 0 bridgehead atoms. The number of hydrogen-bond acceptors (Lipinski definition) is 2. The van der Waals surface area contributed by atoms with Crippen LogP contribution in [0.25, 0.3) is 0 Å². The Kier molecular flexibility index (Phi) is 2.81. The molecule has 1 aromatic heterocycles. The van der Waals surface area contributed by atoms with E-state index in [-0.39, 0.29) is 22.2 Å². The van der Waals surface area contributed by atoms with Gasteiger partial charge in [-0.25, -0.2) is 0 Å². The van der Waals surface area contributed by atoms with E-state index in [1.165, 1.54) is 6.07 Å². The quantitative estimate of drug-likeness (QED) is 0.614. The Balaban J connectivity index is 3.19. The van der Waals surface area contributed by atoms with Gasteiger partial charge in [0.25, 0.3) is 5.56 Å². The van der Waals surface area contributed by atoms with Crippen molar-refractivity contribution in [1.29, 1.82) is 0 Å². The van der Waals surface area contributed by atoms with Gasteiger partial charge in [-0.05, 0) is 19.1 Å². The number of halogens is 1. The van der Waals surface area contributed by atoms with Crippen LogP contribution in [-0.4, -0.2) is 16.1 Å². The van der Waals surface area contributed by atoms with E-state index in [0.29, 0.717) is 0 Å². The smallest absolute Gasteiger partial charge is 0.259 e. The summed E-state index contributed by atoms with van der Waals surface area (Å²) >= 11 is 3.00. The summed E-state index contributed by atoms with van der Waals surface area (Å²) in [4.78, 5) is 24.8. The van der Waals surface area contributed by atoms with Gasteiger partial charge in [0.2, 0.25) is 0 Å². The van der Waals surface area contributed by atoms with E-state index < -0.39 is 0 Å². The number of H-pyrrole nitrogens is 1. The molecule has 0 saturated heterocycles. The van der Waals surface area contributed by atoms with E-state index in [1.807, 2.05) is 0 Å². The van der Waals surface area contributed by atoms with Gasteiger partial charge in [-0.3, -0.25) is 9.59 Å². The summed E-state index contributed by atoms with van der Waals surface area (Å²) in [6.45, 7) is 1.77. The van der Waals surface area contributed by atoms with Crippen molar-refractivity contribution in [3.63, 3.8) is 0 Å². The third-order valence-electron chi connectivity index (χ3n) is 1.48. The van der Waals surface area contributed by atoms with Crippen LogP contribution in [-0.2, 0) is 0 Å². The van der Waals surface area contributed by atoms with E-state index in [4.69, 9.17) is 0 Å². The lowest BCUT2D eigenvalue weighted by Gasteiger charge is -1.96. The number of hydrogen-bond donors (Lipinski definition) is 1. The van der Waals surface area contributed by atoms with Gasteiger partial charge in [-0.2, -0.15) is 0 Å². The minimum absolute atomic E-state index is 0.180. The largest absolute Gasteiger partial charge is 0.326 e. The number of carbonyl (C=O) groups is 1. The number of rotatable bonds is 2. The maximum Gasteiger partial charge on any atom is 0.259 e. The number of aryl methyl sites for hydroxylation is 1. The van der Waals surface area contributed by atoms with Crippen molar-refractivity contribution < 1.29 is 4.79 Å². The average molecular weight is 230 g/mol. The van der Waals surface area contributed by atoms with Crippen molar-refractivity contribution in [2.24, 2.45) is 0 Å². The zero-order valence-electron chi connectivity index (χ0n) is 6.56. The van der Waals surface area contributed by atoms with Crippen molar-refractivity contribution in [2.75, 3.05) is 5.33 Å². The van der Waals surface area contributed by atoms with Crippen LogP contribution in [0.4, 0.5) is 0 Å². The third-order valence-corrected chi connectivity index (χ3v) is 1.99. The summed E-state index contributed by atoms with van der Waals surface area (Å²) in [7, 11) is 0. The topological polar surface area (TPSA) is 49.9 Å². The van der Waals surface area contributed by atoms with Crippen molar-refractivity contribution in [2.45, 2.75) is 6.92 Å². The lowest BCUT2D eigenvalue weighted by molar-refractivity contribution is 0.102. The van der Waals surface area contributed by atoms with Crippen LogP contribution < -0.4 is 5.56 Å². The van der Waals surface area contributed by atoms with E-state index in [0.717, 1.165) is 5.69 Å². The lowest BCUT2D eigenvalue weighted by atomic mass is 10.2. The molecule has 3 nitrogen and oxygen atoms in total. The average Bonchev–Trinajstić information content (AvgIpc) is 2.03. The fourth-order valence-corrected chi connectivity index (χ4v) is 1.17. The minimum Gasteiger partial charge on any atom is -0.326 e. The highest BCUT2D eigenvalue weighted by Crippen LogP contribution is 1.97. The summed E-state index contributed by atoms with van der Waals surface area (Å²) in [6.07, 6.45) is 0. The molecule has 0 atom stereocenters. The molecule has 1 heterocycles. The number of aromatic amines is 1. The van der Waals surface area contributed by atoms with Crippen molar-refractivity contribution in [3.05, 3.63) is 33.7 Å². The zero-order chi connectivity index (χ0) is 9.14. The molecule has 0 fully saturated rings. The number of carbonyl (C=O) groups excluding carboxylic acids is 1. The summed E-state index contributed by atoms with van der Waals surface area (Å²) in [5, 5.41) is 0.180. The Labute approximate surface area is 77.9 Å². The van der Waals surface area contributed by atoms with Crippen molar-refractivity contribution in [3.8, 4) is 0 Å². The van der Waals surface area contributed by atoms with Gasteiger partial charge in [0.15, 0.2) is 5.78 Å². The molecule has 1 N–H and O–H groups in total. The highest BCUT2D eigenvalue weighted by Gasteiger charge is 2.07. The molecule has 0 spiro atoms. The van der Waals surface area contributed by atoms with Gasteiger partial charge >= 0.3 is 0 Å². The predicted octanol–water partition coefficient (Wildman–Crippen LogP) is 1.26. The Bertz CT molecular complexity index is 356. The monoisotopic (exact) mass is 229 g/mol. The molecule has 0 aliphatic heterocycles. The van der Waals surface area contributed by atoms with Gasteiger partial charge in [0.05, 0.1) is 10.9 Å². The molecule has 0 aliphatic rings. The number of Topliss-reactive ketones (excluding diaryl/α,β-unsaturated/α-hetero) is 1. The van der Waals surface area contributed by atoms with Crippen LogP contribution in [0.15, 0.2) is 16.9 Å². The Morgan fingerprint density at radius 1 is 1.58 bits per heavy atom. The van der Waals surface area contributed by atoms with E-state index in [9.17, 15) is 9.59 Å². The molecule has 0 aliphatic carbocycles. The molecule has 0 amide bonds. The Hall–Kier alpha value is -0.900. The highest BCUT2D eigenvalue weighted by atomic mass is 79.9. The first-order valence-corrected chi connectivity index (χ1v) is 4.56. The Morgan fingerprint density at radius 2 is 2.25 bits per heavy atom. The lowest BCUT2D eigenvalue weighted by Crippen LogP contribution is -2.18. The summed E-state index contributed by atoms with van der Waals surface area (Å²) in [6, 6.07) is 3.25. The molecule has 4 heteroatoms. The summed E-state index contributed by atoms with van der Waals surface area (Å²) in [5.41, 5.74) is 0.642. The van der Waals surface area contributed by atoms with E-state index >= 15 is 0 Å². The predicted molar refractivity (Wildman–Crippen MR) is 49.9 cm³/mol. The van der Waals surface area contributed by atoms with Crippen LogP contribution in [0.1, 0.15) is 16.1 Å². The molecule has 1 aromatic rings. The van der Waals surface area contributed by atoms with Crippen LogP contribution in [0.2, 0.25) is 0 Å². The second-order valence-corrected chi connectivity index (χ2v) is 3.00. The number of nitrogens with one attached hydrogen (secondary N) is 1. The van der Waals surface area contributed by atoms with Crippen LogP contribution in [0.5, 0.6) is 0 Å². The first-order valence-electron chi connectivity index (χ1n) is 3.44. The molecule has 0 aromatic carbocycles. The van der Waals surface area contributed by atoms with Crippen LogP contribution >= 0.6 is 15.9 Å². The number of pyridine rings is 1. The van der Waals surface area contributed by atoms with Gasteiger partial charge in [0, 0.05) is 5.69 Å². The van der Waals surface area contributed by atoms with Gasteiger partial charge in [-0.1, -0.05) is 15.9 Å². The number of ketones is 1.